The summed E-state index contributed by atoms with van der Waals surface area (Å²) in [6.07, 6.45) is 84.8. The van der Waals surface area contributed by atoms with Gasteiger partial charge in [-0.2, -0.15) is 0 Å². The molecule has 0 aromatic carbocycles. The van der Waals surface area contributed by atoms with Crippen molar-refractivity contribution in [3.63, 3.8) is 0 Å². The number of unbranched alkanes of at least 4 members (excludes halogenated alkanes) is 51. The van der Waals surface area contributed by atoms with E-state index in [1.807, 2.05) is 18.6 Å². The van der Waals surface area contributed by atoms with Crippen LogP contribution in [-0.4, -0.2) is 23.3 Å². The second kappa shape index (κ2) is 56.4. The summed E-state index contributed by atoms with van der Waals surface area (Å²) in [5.74, 6) is -0.451. The first-order valence-corrected chi connectivity index (χ1v) is 33.3. The predicted octanol–water partition coefficient (Wildman–Crippen LogP) is 23.0. The summed E-state index contributed by atoms with van der Waals surface area (Å²) in [7, 11) is -4.44. The molecule has 0 aromatic heterocycles. The van der Waals surface area contributed by atoms with E-state index in [1.54, 1.807) is 0 Å². The van der Waals surface area contributed by atoms with E-state index < -0.39 is 16.0 Å². The van der Waals surface area contributed by atoms with Crippen LogP contribution in [0, 0.1) is 0 Å². The summed E-state index contributed by atoms with van der Waals surface area (Å²) in [4.78, 5) is 0. The highest BCUT2D eigenvalue weighted by atomic mass is 32.2. The van der Waals surface area contributed by atoms with Gasteiger partial charge in [0, 0.05) is 0 Å². The van der Waals surface area contributed by atoms with Crippen LogP contribution in [-0.2, 0) is 10.1 Å². The van der Waals surface area contributed by atoms with Crippen LogP contribution in [0.1, 0.15) is 367 Å². The molecular formula is C64H125NO3S. The minimum absolute atomic E-state index is 0.0112. The molecule has 0 aliphatic rings. The number of rotatable bonds is 59. The first-order valence-electron chi connectivity index (χ1n) is 31.7. The van der Waals surface area contributed by atoms with Gasteiger partial charge < -0.3 is 4.55 Å². The highest BCUT2D eigenvalue weighted by Gasteiger charge is 2.22. The van der Waals surface area contributed by atoms with E-state index in [-0.39, 0.29) is 4.48 Å². The van der Waals surface area contributed by atoms with E-state index in [2.05, 4.69) is 39.0 Å². The molecule has 0 N–H and O–H groups in total. The van der Waals surface area contributed by atoms with Crippen molar-refractivity contribution >= 4 is 10.1 Å². The van der Waals surface area contributed by atoms with Crippen molar-refractivity contribution in [2.45, 2.75) is 367 Å². The quantitative estimate of drug-likeness (QED) is 0.0347. The van der Waals surface area contributed by atoms with Gasteiger partial charge in [0.1, 0.15) is 28.7 Å². The molecule has 0 radical (unpaired) electrons. The molecule has 0 saturated carbocycles. The Hall–Kier alpha value is -0.910. The zero-order valence-corrected chi connectivity index (χ0v) is 48.3. The van der Waals surface area contributed by atoms with Gasteiger partial charge in [-0.15, -0.1) is 0 Å². The first-order chi connectivity index (χ1) is 33.9. The van der Waals surface area contributed by atoms with Crippen LogP contribution in [0.4, 0.5) is 0 Å². The third-order valence-electron chi connectivity index (χ3n) is 15.0. The summed E-state index contributed by atoms with van der Waals surface area (Å²) < 4.78 is 37.1. The number of nitrogens with zero attached hydrogens (tertiary/aromatic N) is 1. The molecule has 4 nitrogen and oxygen atoms in total. The topological polar surface area (TPSA) is 57.2 Å². The van der Waals surface area contributed by atoms with Gasteiger partial charge in [-0.25, -0.2) is 12.9 Å². The highest BCUT2D eigenvalue weighted by Crippen LogP contribution is 2.21. The van der Waals surface area contributed by atoms with Gasteiger partial charge in [-0.1, -0.05) is 329 Å². The fourth-order valence-corrected chi connectivity index (χ4v) is 11.1. The fourth-order valence-electron chi connectivity index (χ4n) is 10.3. The van der Waals surface area contributed by atoms with E-state index in [4.69, 9.17) is 0 Å². The minimum Gasteiger partial charge on any atom is -0.744 e. The molecule has 5 heteroatoms. The van der Waals surface area contributed by atoms with Crippen LogP contribution >= 0.6 is 0 Å². The Balaban J connectivity index is 4.69. The van der Waals surface area contributed by atoms with Crippen LogP contribution in [0.15, 0.2) is 36.8 Å². The van der Waals surface area contributed by atoms with Crippen molar-refractivity contribution in [3.8, 4) is 0 Å². The van der Waals surface area contributed by atoms with Gasteiger partial charge >= 0.3 is 0 Å². The monoisotopic (exact) mass is 988 g/mol. The molecule has 0 heterocycles. The molecule has 0 fully saturated rings. The van der Waals surface area contributed by atoms with Crippen molar-refractivity contribution in [2.24, 2.45) is 0 Å². The van der Waals surface area contributed by atoms with Gasteiger partial charge in [0.25, 0.3) is 0 Å². The first kappa shape index (κ1) is 68.1. The summed E-state index contributed by atoms with van der Waals surface area (Å²) in [6, 6.07) is 0. The van der Waals surface area contributed by atoms with Crippen molar-refractivity contribution in [3.05, 3.63) is 36.8 Å². The third-order valence-corrected chi connectivity index (χ3v) is 15.7. The molecule has 0 amide bonds. The summed E-state index contributed by atoms with van der Waals surface area (Å²) in [5.41, 5.74) is 0. The molecule has 0 atom stereocenters. The van der Waals surface area contributed by atoms with Crippen LogP contribution in [0.2, 0.25) is 0 Å². The molecule has 410 valence electrons. The van der Waals surface area contributed by atoms with E-state index in [0.29, 0.717) is 0 Å². The Morgan fingerprint density at radius 2 is 0.406 bits per heavy atom. The maximum Gasteiger partial charge on any atom is 0.181 e. The maximum absolute atomic E-state index is 12.4. The average Bonchev–Trinajstić information content (AvgIpc) is 3.33. The Kier molecular flexibility index (Phi) is 55.6. The zero-order valence-electron chi connectivity index (χ0n) is 47.4. The Bertz CT molecular complexity index is 1060. The molecule has 69 heavy (non-hydrogen) atoms. The van der Waals surface area contributed by atoms with Crippen molar-refractivity contribution in [1.82, 2.24) is 0 Å². The summed E-state index contributed by atoms with van der Waals surface area (Å²) in [6.45, 7) is 6.88. The second-order valence-corrected chi connectivity index (χ2v) is 23.5. The van der Waals surface area contributed by atoms with Crippen molar-refractivity contribution < 1.29 is 17.5 Å². The Morgan fingerprint density at radius 1 is 0.261 bits per heavy atom. The highest BCUT2D eigenvalue weighted by molar-refractivity contribution is 7.85. The number of hydrogen-bond acceptors (Lipinski definition) is 3. The number of quaternary nitrogens is 1. The molecule has 0 aromatic rings. The van der Waals surface area contributed by atoms with E-state index >= 15 is 0 Å². The molecule has 0 aliphatic heterocycles. The molecule has 0 saturated heterocycles. The zero-order chi connectivity index (χ0) is 50.1. The van der Waals surface area contributed by atoms with Gasteiger partial charge in [-0.05, 0) is 56.8 Å². The lowest BCUT2D eigenvalue weighted by Crippen LogP contribution is -2.36. The number of allylic oxidation sites excluding steroid dienone is 3. The van der Waals surface area contributed by atoms with E-state index in [9.17, 15) is 13.0 Å². The van der Waals surface area contributed by atoms with Crippen LogP contribution in [0.25, 0.3) is 0 Å². The Labute approximate surface area is 435 Å². The standard InChI is InChI=1S/C64H125NO3S/c1-4-7-10-13-16-19-22-25-28-31-34-37-40-43-46-49-52-55-58-61-65(64-69(66,67)68,62-59-56-53-50-47-44-41-38-35-32-29-26-23-20-17-14-11-8-5-2)63-60-57-54-51-48-45-42-39-36-33-30-27-24-21-18-15-12-9-6-3/h58-63H,4-57,64H2,1-3H3/b61-58+,62-59+,63-60+. The second-order valence-electron chi connectivity index (χ2n) is 22.2. The molecule has 0 rings (SSSR count). The van der Waals surface area contributed by atoms with Gasteiger partial charge in [-0.3, -0.25) is 0 Å². The van der Waals surface area contributed by atoms with Gasteiger partial charge in [0.05, 0.1) is 0 Å². The van der Waals surface area contributed by atoms with Crippen LogP contribution in [0.5, 0.6) is 0 Å². The Morgan fingerprint density at radius 3 is 0.551 bits per heavy atom. The largest absolute Gasteiger partial charge is 0.744 e. The smallest absolute Gasteiger partial charge is 0.181 e. The third kappa shape index (κ3) is 56.2. The lowest BCUT2D eigenvalue weighted by atomic mass is 10.0. The summed E-state index contributed by atoms with van der Waals surface area (Å²) in [5, 5.41) is 0. The molecule has 0 aliphatic carbocycles. The maximum atomic E-state index is 12.4. The minimum atomic E-state index is -4.44. The molecule has 0 spiro atoms. The van der Waals surface area contributed by atoms with Crippen molar-refractivity contribution in [2.75, 3.05) is 5.88 Å². The normalized spacial score (nSPS) is 12.6. The van der Waals surface area contributed by atoms with Crippen molar-refractivity contribution in [1.29, 1.82) is 0 Å². The van der Waals surface area contributed by atoms with Crippen LogP contribution < -0.4 is 0 Å². The number of hydrogen-bond donors (Lipinski definition) is 0. The fraction of sp³-hybridized carbons (Fsp3) is 0.906. The lowest BCUT2D eigenvalue weighted by molar-refractivity contribution is -0.760. The molecule has 0 bridgehead atoms. The van der Waals surface area contributed by atoms with Gasteiger partial charge in [0.15, 0.2) is 5.88 Å². The average molecular weight is 989 g/mol. The van der Waals surface area contributed by atoms with Crippen LogP contribution in [0.3, 0.4) is 0 Å². The summed E-state index contributed by atoms with van der Waals surface area (Å²) >= 11 is 0. The SMILES string of the molecule is CCCCCCCCCCCCCCCCCCC/C=C/[N+](/C=C/CCCCCCCCCCCCCCCCCCC)(/C=C/CCCCCCCCCCCCCCCCCCC)CS(=O)(=O)[O-]. The van der Waals surface area contributed by atoms with E-state index in [1.165, 1.54) is 308 Å². The van der Waals surface area contributed by atoms with Gasteiger partial charge in [0.2, 0.25) is 0 Å². The molecular weight excluding hydrogens is 863 g/mol. The van der Waals surface area contributed by atoms with E-state index in [0.717, 1.165) is 38.5 Å². The predicted molar refractivity (Wildman–Crippen MR) is 309 cm³/mol. The molecule has 0 unspecified atom stereocenters. The lowest BCUT2D eigenvalue weighted by Gasteiger charge is -2.28.